The highest BCUT2D eigenvalue weighted by Gasteiger charge is 2.29. The normalized spacial score (nSPS) is 22.8. The molecule has 1 amide bonds. The highest BCUT2D eigenvalue weighted by atomic mass is 16.3. The monoisotopic (exact) mass is 259 g/mol. The van der Waals surface area contributed by atoms with Gasteiger partial charge in [0.1, 0.15) is 0 Å². The number of aromatic nitrogens is 2. The van der Waals surface area contributed by atoms with E-state index in [2.05, 4.69) is 15.5 Å². The molecule has 3 N–H and O–H groups in total. The first-order chi connectivity index (χ1) is 9.29. The third-order valence-corrected chi connectivity index (χ3v) is 3.90. The Morgan fingerprint density at radius 1 is 1.42 bits per heavy atom. The second kappa shape index (κ2) is 5.01. The van der Waals surface area contributed by atoms with Gasteiger partial charge < -0.3 is 10.4 Å². The molecule has 2 atom stereocenters. The summed E-state index contributed by atoms with van der Waals surface area (Å²) in [5.74, 6) is 0.0111. The third kappa shape index (κ3) is 2.21. The number of carbonyl (C=O) groups is 1. The van der Waals surface area contributed by atoms with Gasteiger partial charge in [0.05, 0.1) is 5.52 Å². The number of carbonyl (C=O) groups excluding carboxylic acids is 1. The van der Waals surface area contributed by atoms with Gasteiger partial charge in [-0.1, -0.05) is 24.6 Å². The highest BCUT2D eigenvalue weighted by Crippen LogP contribution is 2.25. The minimum Gasteiger partial charge on any atom is -0.396 e. The summed E-state index contributed by atoms with van der Waals surface area (Å²) in [5, 5.41) is 20.1. The third-order valence-electron chi connectivity index (χ3n) is 3.90. The van der Waals surface area contributed by atoms with Crippen LogP contribution in [0, 0.1) is 5.92 Å². The van der Waals surface area contributed by atoms with Crippen molar-refractivity contribution in [1.29, 1.82) is 0 Å². The van der Waals surface area contributed by atoms with Crippen LogP contribution in [0.1, 0.15) is 29.8 Å². The van der Waals surface area contributed by atoms with Gasteiger partial charge in [-0.2, -0.15) is 5.10 Å². The topological polar surface area (TPSA) is 78.0 Å². The smallest absolute Gasteiger partial charge is 0.272 e. The van der Waals surface area contributed by atoms with E-state index in [1.165, 1.54) is 0 Å². The number of para-hydroxylation sites is 1. The Balaban J connectivity index is 1.80. The molecule has 5 heteroatoms. The van der Waals surface area contributed by atoms with Crippen LogP contribution in [-0.4, -0.2) is 33.9 Å². The SMILES string of the molecule is O=C(NC1CCCC1CO)c1n[nH]c2ccccc12. The van der Waals surface area contributed by atoms with Crippen LogP contribution in [0.3, 0.4) is 0 Å². The summed E-state index contributed by atoms with van der Waals surface area (Å²) in [7, 11) is 0. The number of H-pyrrole nitrogens is 1. The molecule has 1 aliphatic carbocycles. The van der Waals surface area contributed by atoms with Crippen LogP contribution in [0.4, 0.5) is 0 Å². The van der Waals surface area contributed by atoms with Gasteiger partial charge in [-0.05, 0) is 18.9 Å². The number of benzene rings is 1. The lowest BCUT2D eigenvalue weighted by atomic mass is 10.0. The van der Waals surface area contributed by atoms with E-state index >= 15 is 0 Å². The van der Waals surface area contributed by atoms with Crippen molar-refractivity contribution in [3.8, 4) is 0 Å². The largest absolute Gasteiger partial charge is 0.396 e. The lowest BCUT2D eigenvalue weighted by molar-refractivity contribution is 0.0912. The van der Waals surface area contributed by atoms with Crippen LogP contribution >= 0.6 is 0 Å². The fraction of sp³-hybridized carbons (Fsp3) is 0.429. The molecule has 0 radical (unpaired) electrons. The Morgan fingerprint density at radius 2 is 2.26 bits per heavy atom. The Labute approximate surface area is 111 Å². The van der Waals surface area contributed by atoms with Crippen molar-refractivity contribution < 1.29 is 9.90 Å². The van der Waals surface area contributed by atoms with Gasteiger partial charge in [-0.25, -0.2) is 0 Å². The van der Waals surface area contributed by atoms with Gasteiger partial charge in [0.15, 0.2) is 5.69 Å². The summed E-state index contributed by atoms with van der Waals surface area (Å²) in [4.78, 5) is 12.3. The molecule has 100 valence electrons. The second-order valence-electron chi connectivity index (χ2n) is 5.07. The maximum Gasteiger partial charge on any atom is 0.272 e. The summed E-state index contributed by atoms with van der Waals surface area (Å²) < 4.78 is 0. The number of fused-ring (bicyclic) bond motifs is 1. The number of aliphatic hydroxyl groups is 1. The summed E-state index contributed by atoms with van der Waals surface area (Å²) in [6, 6.07) is 7.63. The van der Waals surface area contributed by atoms with Gasteiger partial charge in [0.2, 0.25) is 0 Å². The van der Waals surface area contributed by atoms with E-state index in [1.807, 2.05) is 24.3 Å². The fourth-order valence-electron chi connectivity index (χ4n) is 2.82. The van der Waals surface area contributed by atoms with E-state index < -0.39 is 0 Å². The minimum absolute atomic E-state index is 0.0629. The zero-order valence-electron chi connectivity index (χ0n) is 10.6. The number of hydrogen-bond donors (Lipinski definition) is 3. The van der Waals surface area contributed by atoms with E-state index in [0.717, 1.165) is 30.2 Å². The van der Waals surface area contributed by atoms with E-state index in [9.17, 15) is 9.90 Å². The first-order valence-corrected chi connectivity index (χ1v) is 6.64. The van der Waals surface area contributed by atoms with Crippen LogP contribution in [0.25, 0.3) is 10.9 Å². The van der Waals surface area contributed by atoms with E-state index in [-0.39, 0.29) is 24.5 Å². The minimum atomic E-state index is -0.164. The molecule has 5 nitrogen and oxygen atoms in total. The number of amides is 1. The number of hydrogen-bond acceptors (Lipinski definition) is 3. The summed E-state index contributed by atoms with van der Waals surface area (Å²) in [6.45, 7) is 0.131. The standard InChI is InChI=1S/C14H17N3O2/c18-8-9-4-3-7-11(9)15-14(19)13-10-5-1-2-6-12(10)16-17-13/h1-2,5-6,9,11,18H,3-4,7-8H2,(H,15,19)(H,16,17). The molecule has 3 rings (SSSR count). The first-order valence-electron chi connectivity index (χ1n) is 6.64. The highest BCUT2D eigenvalue weighted by molar-refractivity contribution is 6.04. The molecular formula is C14H17N3O2. The van der Waals surface area contributed by atoms with Crippen molar-refractivity contribution in [2.24, 2.45) is 5.92 Å². The fourth-order valence-corrected chi connectivity index (χ4v) is 2.82. The predicted molar refractivity (Wildman–Crippen MR) is 71.8 cm³/mol. The molecule has 2 aromatic rings. The lowest BCUT2D eigenvalue weighted by Gasteiger charge is -2.18. The van der Waals surface area contributed by atoms with Crippen molar-refractivity contribution in [2.45, 2.75) is 25.3 Å². The maximum atomic E-state index is 12.3. The van der Waals surface area contributed by atoms with Gasteiger partial charge in [-0.3, -0.25) is 9.89 Å². The van der Waals surface area contributed by atoms with Gasteiger partial charge in [-0.15, -0.1) is 0 Å². The average Bonchev–Trinajstić information content (AvgIpc) is 3.04. The molecule has 2 unspecified atom stereocenters. The molecule has 0 bridgehead atoms. The van der Waals surface area contributed by atoms with Crippen LogP contribution in [0.15, 0.2) is 24.3 Å². The Hall–Kier alpha value is -1.88. The molecular weight excluding hydrogens is 242 g/mol. The quantitative estimate of drug-likeness (QED) is 0.780. The van der Waals surface area contributed by atoms with Crippen molar-refractivity contribution in [1.82, 2.24) is 15.5 Å². The molecule has 1 aromatic carbocycles. The number of aromatic amines is 1. The Morgan fingerprint density at radius 3 is 3.11 bits per heavy atom. The Kier molecular flexibility index (Phi) is 3.21. The van der Waals surface area contributed by atoms with Crippen LogP contribution < -0.4 is 5.32 Å². The van der Waals surface area contributed by atoms with Gasteiger partial charge in [0.25, 0.3) is 5.91 Å². The number of nitrogens with one attached hydrogen (secondary N) is 2. The maximum absolute atomic E-state index is 12.3. The number of rotatable bonds is 3. The molecule has 19 heavy (non-hydrogen) atoms. The van der Waals surface area contributed by atoms with Gasteiger partial charge in [0, 0.05) is 24.0 Å². The average molecular weight is 259 g/mol. The van der Waals surface area contributed by atoms with Crippen molar-refractivity contribution in [2.75, 3.05) is 6.61 Å². The molecule has 0 spiro atoms. The molecule has 1 aliphatic rings. The molecule has 1 aromatic heterocycles. The van der Waals surface area contributed by atoms with Crippen molar-refractivity contribution in [3.63, 3.8) is 0 Å². The summed E-state index contributed by atoms with van der Waals surface area (Å²) >= 11 is 0. The second-order valence-corrected chi connectivity index (χ2v) is 5.07. The number of nitrogens with zero attached hydrogens (tertiary/aromatic N) is 1. The molecule has 1 saturated carbocycles. The van der Waals surface area contributed by atoms with E-state index in [1.54, 1.807) is 0 Å². The van der Waals surface area contributed by atoms with Crippen LogP contribution in [0.2, 0.25) is 0 Å². The molecule has 1 fully saturated rings. The zero-order chi connectivity index (χ0) is 13.2. The molecule has 1 heterocycles. The lowest BCUT2D eigenvalue weighted by Crippen LogP contribution is -2.38. The van der Waals surface area contributed by atoms with Crippen LogP contribution in [-0.2, 0) is 0 Å². The van der Waals surface area contributed by atoms with E-state index in [4.69, 9.17) is 0 Å². The summed E-state index contributed by atoms with van der Waals surface area (Å²) in [6.07, 6.45) is 2.96. The van der Waals surface area contributed by atoms with Crippen molar-refractivity contribution >= 4 is 16.8 Å². The molecule has 0 aliphatic heterocycles. The van der Waals surface area contributed by atoms with E-state index in [0.29, 0.717) is 5.69 Å². The van der Waals surface area contributed by atoms with Crippen molar-refractivity contribution in [3.05, 3.63) is 30.0 Å². The Bertz CT molecular complexity index is 593. The predicted octanol–water partition coefficient (Wildman–Crippen LogP) is 1.45. The van der Waals surface area contributed by atoms with Gasteiger partial charge >= 0.3 is 0 Å². The molecule has 0 saturated heterocycles. The summed E-state index contributed by atoms with van der Waals surface area (Å²) in [5.41, 5.74) is 1.29. The number of aliphatic hydroxyl groups excluding tert-OH is 1. The zero-order valence-corrected chi connectivity index (χ0v) is 10.6. The first kappa shape index (κ1) is 12.2. The van der Waals surface area contributed by atoms with Crippen LogP contribution in [0.5, 0.6) is 0 Å².